The van der Waals surface area contributed by atoms with E-state index in [1.54, 1.807) is 6.92 Å². The summed E-state index contributed by atoms with van der Waals surface area (Å²) in [4.78, 5) is 11.2. The Kier molecular flexibility index (Phi) is 5.36. The number of para-hydroxylation sites is 1. The summed E-state index contributed by atoms with van der Waals surface area (Å²) in [6.07, 6.45) is -0.531. The minimum Gasteiger partial charge on any atom is -0.490 e. The van der Waals surface area contributed by atoms with E-state index >= 15 is 0 Å². The van der Waals surface area contributed by atoms with E-state index in [9.17, 15) is 4.79 Å². The topological polar surface area (TPSA) is 44.8 Å². The molecule has 4 nitrogen and oxygen atoms in total. The highest BCUT2D eigenvalue weighted by atomic mass is 16.6. The van der Waals surface area contributed by atoms with Crippen LogP contribution in [-0.2, 0) is 14.3 Å². The summed E-state index contributed by atoms with van der Waals surface area (Å²) in [6.45, 7) is 2.20. The van der Waals surface area contributed by atoms with Gasteiger partial charge >= 0.3 is 5.97 Å². The van der Waals surface area contributed by atoms with Crippen molar-refractivity contribution >= 4 is 5.97 Å². The first-order valence-corrected chi connectivity index (χ1v) is 5.11. The minimum atomic E-state index is -0.531. The van der Waals surface area contributed by atoms with Gasteiger partial charge in [-0.2, -0.15) is 0 Å². The van der Waals surface area contributed by atoms with E-state index in [4.69, 9.17) is 14.2 Å². The lowest BCUT2D eigenvalue weighted by Gasteiger charge is -2.10. The molecule has 1 unspecified atom stereocenters. The molecule has 4 heteroatoms. The van der Waals surface area contributed by atoms with Gasteiger partial charge in [-0.15, -0.1) is 0 Å². The molecule has 0 aliphatic heterocycles. The second-order valence-electron chi connectivity index (χ2n) is 3.21. The Morgan fingerprint density at radius 3 is 2.56 bits per heavy atom. The van der Waals surface area contributed by atoms with E-state index in [-0.39, 0.29) is 12.6 Å². The van der Waals surface area contributed by atoms with Gasteiger partial charge in [0.2, 0.25) is 0 Å². The van der Waals surface area contributed by atoms with Crippen LogP contribution in [0.4, 0.5) is 0 Å². The monoisotopic (exact) mass is 224 g/mol. The van der Waals surface area contributed by atoms with Gasteiger partial charge in [-0.25, -0.2) is 4.79 Å². The molecule has 16 heavy (non-hydrogen) atoms. The van der Waals surface area contributed by atoms with Crippen molar-refractivity contribution in [2.75, 3.05) is 20.3 Å². The number of benzene rings is 1. The quantitative estimate of drug-likeness (QED) is 0.544. The molecule has 0 fully saturated rings. The third kappa shape index (κ3) is 4.31. The number of rotatable bonds is 6. The van der Waals surface area contributed by atoms with Crippen LogP contribution in [0.5, 0.6) is 5.75 Å². The minimum absolute atomic E-state index is 0.224. The Hall–Kier alpha value is -1.55. The summed E-state index contributed by atoms with van der Waals surface area (Å²) in [5, 5.41) is 0. The molecule has 1 atom stereocenters. The molecule has 0 aromatic heterocycles. The summed E-state index contributed by atoms with van der Waals surface area (Å²) in [5.41, 5.74) is 0. The van der Waals surface area contributed by atoms with Crippen LogP contribution in [0.1, 0.15) is 6.92 Å². The highest BCUT2D eigenvalue weighted by molar-refractivity contribution is 5.74. The summed E-state index contributed by atoms with van der Waals surface area (Å²) >= 11 is 0. The number of hydrogen-bond donors (Lipinski definition) is 0. The molecule has 0 N–H and O–H groups in total. The Morgan fingerprint density at radius 2 is 1.94 bits per heavy atom. The van der Waals surface area contributed by atoms with E-state index in [2.05, 4.69) is 0 Å². The van der Waals surface area contributed by atoms with E-state index in [0.29, 0.717) is 6.61 Å². The molecule has 0 aliphatic rings. The van der Waals surface area contributed by atoms with E-state index in [1.165, 1.54) is 7.11 Å². The molecule has 0 aliphatic carbocycles. The van der Waals surface area contributed by atoms with Crippen LogP contribution in [0, 0.1) is 0 Å². The average Bonchev–Trinajstić information content (AvgIpc) is 2.34. The SMILES string of the molecule is COC(C)C(=O)OCCOc1ccccc1. The molecule has 88 valence electrons. The number of carbonyl (C=O) groups excluding carboxylic acids is 1. The van der Waals surface area contributed by atoms with Crippen molar-refractivity contribution in [2.24, 2.45) is 0 Å². The summed E-state index contributed by atoms with van der Waals surface area (Å²) < 4.78 is 15.1. The maximum absolute atomic E-state index is 11.2. The molecule has 1 rings (SSSR count). The zero-order chi connectivity index (χ0) is 11.8. The van der Waals surface area contributed by atoms with Crippen LogP contribution < -0.4 is 4.74 Å². The van der Waals surface area contributed by atoms with Crippen molar-refractivity contribution in [1.29, 1.82) is 0 Å². The normalized spacial score (nSPS) is 11.9. The van der Waals surface area contributed by atoms with Crippen LogP contribution in [0.25, 0.3) is 0 Å². The third-order valence-corrected chi connectivity index (χ3v) is 2.03. The van der Waals surface area contributed by atoms with Crippen molar-refractivity contribution in [2.45, 2.75) is 13.0 Å². The number of carbonyl (C=O) groups is 1. The lowest BCUT2D eigenvalue weighted by molar-refractivity contribution is -0.154. The van der Waals surface area contributed by atoms with Gasteiger partial charge < -0.3 is 14.2 Å². The molecular formula is C12H16O4. The van der Waals surface area contributed by atoms with Gasteiger partial charge in [0, 0.05) is 7.11 Å². The molecule has 1 aromatic carbocycles. The van der Waals surface area contributed by atoms with Crippen molar-refractivity contribution in [3.8, 4) is 5.75 Å². The van der Waals surface area contributed by atoms with Crippen molar-refractivity contribution in [3.05, 3.63) is 30.3 Å². The van der Waals surface area contributed by atoms with Gasteiger partial charge in [0.05, 0.1) is 0 Å². The van der Waals surface area contributed by atoms with Crippen LogP contribution in [0.3, 0.4) is 0 Å². The first-order valence-electron chi connectivity index (χ1n) is 5.11. The largest absolute Gasteiger partial charge is 0.490 e. The zero-order valence-corrected chi connectivity index (χ0v) is 9.51. The average molecular weight is 224 g/mol. The molecule has 0 spiro atoms. The molecule has 0 saturated heterocycles. The third-order valence-electron chi connectivity index (χ3n) is 2.03. The first kappa shape index (κ1) is 12.5. The number of methoxy groups -OCH3 is 1. The van der Waals surface area contributed by atoms with Crippen molar-refractivity contribution in [1.82, 2.24) is 0 Å². The van der Waals surface area contributed by atoms with Crippen LogP contribution in [0.15, 0.2) is 30.3 Å². The smallest absolute Gasteiger partial charge is 0.335 e. The Labute approximate surface area is 95.1 Å². The molecule has 0 saturated carbocycles. The number of ether oxygens (including phenoxy) is 3. The molecule has 0 heterocycles. The maximum atomic E-state index is 11.2. The Morgan fingerprint density at radius 1 is 1.25 bits per heavy atom. The van der Waals surface area contributed by atoms with Crippen molar-refractivity contribution in [3.63, 3.8) is 0 Å². The molecule has 0 amide bonds. The van der Waals surface area contributed by atoms with Gasteiger partial charge in [0.25, 0.3) is 0 Å². The fourth-order valence-electron chi connectivity index (χ4n) is 1.03. The Balaban J connectivity index is 2.15. The predicted octanol–water partition coefficient (Wildman–Crippen LogP) is 1.64. The fourth-order valence-corrected chi connectivity index (χ4v) is 1.03. The van der Waals surface area contributed by atoms with Crippen LogP contribution in [-0.4, -0.2) is 32.4 Å². The highest BCUT2D eigenvalue weighted by Gasteiger charge is 2.12. The number of esters is 1. The lowest BCUT2D eigenvalue weighted by atomic mass is 10.3. The standard InChI is InChI=1S/C12H16O4/c1-10(14-2)12(13)16-9-8-15-11-6-4-3-5-7-11/h3-7,10H,8-9H2,1-2H3. The zero-order valence-electron chi connectivity index (χ0n) is 9.51. The molecule has 0 radical (unpaired) electrons. The highest BCUT2D eigenvalue weighted by Crippen LogP contribution is 2.07. The van der Waals surface area contributed by atoms with Gasteiger partial charge in [0.1, 0.15) is 19.0 Å². The van der Waals surface area contributed by atoms with Gasteiger partial charge in [-0.1, -0.05) is 18.2 Å². The second-order valence-corrected chi connectivity index (χ2v) is 3.21. The summed E-state index contributed by atoms with van der Waals surface area (Å²) in [6, 6.07) is 9.37. The fraction of sp³-hybridized carbons (Fsp3) is 0.417. The van der Waals surface area contributed by atoms with Crippen molar-refractivity contribution < 1.29 is 19.0 Å². The lowest BCUT2D eigenvalue weighted by Crippen LogP contribution is -2.23. The van der Waals surface area contributed by atoms with Gasteiger partial charge in [0.15, 0.2) is 6.10 Å². The van der Waals surface area contributed by atoms with Gasteiger partial charge in [-0.3, -0.25) is 0 Å². The second kappa shape index (κ2) is 6.85. The maximum Gasteiger partial charge on any atom is 0.335 e. The molecule has 0 bridgehead atoms. The molecule has 1 aromatic rings. The van der Waals surface area contributed by atoms with E-state index in [0.717, 1.165) is 5.75 Å². The first-order chi connectivity index (χ1) is 7.74. The van der Waals surface area contributed by atoms with Crippen LogP contribution >= 0.6 is 0 Å². The molecular weight excluding hydrogens is 208 g/mol. The Bertz CT molecular complexity index is 310. The summed E-state index contributed by atoms with van der Waals surface area (Å²) in [7, 11) is 1.46. The van der Waals surface area contributed by atoms with E-state index < -0.39 is 6.10 Å². The predicted molar refractivity (Wildman–Crippen MR) is 59.4 cm³/mol. The van der Waals surface area contributed by atoms with Crippen LogP contribution in [0.2, 0.25) is 0 Å². The summed E-state index contributed by atoms with van der Waals surface area (Å²) in [5.74, 6) is 0.387. The number of hydrogen-bond acceptors (Lipinski definition) is 4. The van der Waals surface area contributed by atoms with Gasteiger partial charge in [-0.05, 0) is 19.1 Å². The van der Waals surface area contributed by atoms with E-state index in [1.807, 2.05) is 30.3 Å².